The second kappa shape index (κ2) is 7.19. The van der Waals surface area contributed by atoms with Gasteiger partial charge in [-0.1, -0.05) is 6.07 Å². The Labute approximate surface area is 173 Å². The molecule has 142 valence electrons. The average Bonchev–Trinajstić information content (AvgIpc) is 3.02. The third kappa shape index (κ3) is 3.33. The van der Waals surface area contributed by atoms with Crippen molar-refractivity contribution in [3.8, 4) is 5.75 Å². The number of anilines is 1. The van der Waals surface area contributed by atoms with Crippen molar-refractivity contribution in [1.29, 1.82) is 0 Å². The number of nitrogens with zero attached hydrogens (tertiary/aromatic N) is 1. The van der Waals surface area contributed by atoms with E-state index in [1.165, 1.54) is 11.3 Å². The number of nitrogens with one attached hydrogen (secondary N) is 2. The molecule has 4 rings (SSSR count). The summed E-state index contributed by atoms with van der Waals surface area (Å²) in [6.07, 6.45) is -0.0412. The fourth-order valence-electron chi connectivity index (χ4n) is 3.36. The van der Waals surface area contributed by atoms with Crippen LogP contribution in [0.25, 0.3) is 0 Å². The molecule has 3 N–H and O–H groups in total. The highest BCUT2D eigenvalue weighted by Crippen LogP contribution is 2.41. The van der Waals surface area contributed by atoms with E-state index in [1.54, 1.807) is 24.0 Å². The van der Waals surface area contributed by atoms with E-state index in [0.29, 0.717) is 31.7 Å². The molecule has 0 saturated carbocycles. The number of amides is 2. The van der Waals surface area contributed by atoms with Crippen LogP contribution in [0, 0.1) is 3.57 Å². The summed E-state index contributed by atoms with van der Waals surface area (Å²) in [5.41, 5.74) is 2.57. The second-order valence-corrected chi connectivity index (χ2v) is 8.61. The van der Waals surface area contributed by atoms with Crippen LogP contribution in [0.3, 0.4) is 0 Å². The van der Waals surface area contributed by atoms with Gasteiger partial charge in [-0.15, -0.1) is 11.3 Å². The number of phenols is 1. The summed E-state index contributed by atoms with van der Waals surface area (Å²) in [7, 11) is 0. The van der Waals surface area contributed by atoms with Gasteiger partial charge in [-0.25, -0.2) is 4.79 Å². The number of carbonyl (C=O) groups excluding carboxylic acids is 2. The average molecular weight is 499 g/mol. The molecule has 2 aliphatic heterocycles. The molecule has 0 bridgehead atoms. The molecule has 9 heteroatoms. The fraction of sp³-hybridized carbons (Fsp3) is 0.333. The molecule has 2 aliphatic rings. The predicted molar refractivity (Wildman–Crippen MR) is 110 cm³/mol. The minimum atomic E-state index is -0.361. The van der Waals surface area contributed by atoms with Crippen molar-refractivity contribution >= 4 is 50.9 Å². The summed E-state index contributed by atoms with van der Waals surface area (Å²) in [5.74, 6) is 0.103. The number of benzene rings is 1. The van der Waals surface area contributed by atoms with Crippen molar-refractivity contribution in [3.63, 3.8) is 0 Å². The monoisotopic (exact) mass is 499 g/mol. The molecule has 0 aliphatic carbocycles. The van der Waals surface area contributed by atoms with E-state index < -0.39 is 0 Å². The summed E-state index contributed by atoms with van der Waals surface area (Å²) >= 11 is 3.57. The maximum absolute atomic E-state index is 12.8. The third-order valence-electron chi connectivity index (χ3n) is 4.67. The molecule has 0 radical (unpaired) electrons. The van der Waals surface area contributed by atoms with Crippen LogP contribution in [0.1, 0.15) is 39.5 Å². The lowest BCUT2D eigenvalue weighted by Crippen LogP contribution is -2.39. The number of ether oxygens (including phenoxy) is 1. The first-order chi connectivity index (χ1) is 13.0. The molecule has 0 fully saturated rings. The van der Waals surface area contributed by atoms with Crippen molar-refractivity contribution in [2.24, 2.45) is 0 Å². The molecule has 1 aromatic carbocycles. The molecule has 0 spiro atoms. The summed E-state index contributed by atoms with van der Waals surface area (Å²) in [6.45, 7) is 3.14. The summed E-state index contributed by atoms with van der Waals surface area (Å²) < 4.78 is 5.82. The minimum absolute atomic E-state index is 0.112. The van der Waals surface area contributed by atoms with Gasteiger partial charge in [0, 0.05) is 11.4 Å². The van der Waals surface area contributed by atoms with Gasteiger partial charge in [-0.05, 0) is 59.2 Å². The molecular weight excluding hydrogens is 481 g/mol. The van der Waals surface area contributed by atoms with E-state index in [0.717, 1.165) is 24.6 Å². The molecular formula is C18H18IN3O4S. The fourth-order valence-corrected chi connectivity index (χ4v) is 5.18. The number of fused-ring (bicyclic) bond motifs is 3. The molecule has 2 aromatic rings. The van der Waals surface area contributed by atoms with Crippen molar-refractivity contribution in [1.82, 2.24) is 10.2 Å². The number of carbonyl (C=O) groups is 2. The third-order valence-corrected chi connectivity index (χ3v) is 6.68. The largest absolute Gasteiger partial charge is 0.507 e. The molecule has 0 saturated heterocycles. The lowest BCUT2D eigenvalue weighted by molar-refractivity contribution is 0.0934. The Morgan fingerprint density at radius 3 is 3.00 bits per heavy atom. The highest BCUT2D eigenvalue weighted by molar-refractivity contribution is 14.1. The van der Waals surface area contributed by atoms with Crippen LogP contribution in [0.2, 0.25) is 0 Å². The summed E-state index contributed by atoms with van der Waals surface area (Å²) in [5, 5.41) is 16.9. The SMILES string of the molecule is CCOC(=O)N1CCc2c(sc3c2C(=O)N[C@@H](c2ccc(O)c(I)c2)N3)C1. The number of thiophene rings is 1. The molecule has 1 atom stereocenters. The van der Waals surface area contributed by atoms with Crippen molar-refractivity contribution in [3.05, 3.63) is 43.3 Å². The standard InChI is InChI=1S/C18H18IN3O4S/c1-2-26-18(25)22-6-5-10-13(8-22)27-17-14(10)16(24)20-15(21-17)9-3-4-12(23)11(19)7-9/h3-4,7,15,21,23H,2,5-6,8H2,1H3,(H,20,24)/t15-/m1/s1. The van der Waals surface area contributed by atoms with E-state index in [2.05, 4.69) is 33.2 Å². The first-order valence-electron chi connectivity index (χ1n) is 8.60. The zero-order chi connectivity index (χ0) is 19.1. The highest BCUT2D eigenvalue weighted by Gasteiger charge is 2.34. The van der Waals surface area contributed by atoms with Crippen LogP contribution < -0.4 is 10.6 Å². The van der Waals surface area contributed by atoms with Gasteiger partial charge in [-0.2, -0.15) is 0 Å². The van der Waals surface area contributed by atoms with E-state index in [9.17, 15) is 14.7 Å². The van der Waals surface area contributed by atoms with E-state index >= 15 is 0 Å². The zero-order valence-corrected chi connectivity index (χ0v) is 17.5. The lowest BCUT2D eigenvalue weighted by Gasteiger charge is -2.28. The first-order valence-corrected chi connectivity index (χ1v) is 10.5. The maximum Gasteiger partial charge on any atom is 0.410 e. The van der Waals surface area contributed by atoms with Crippen LogP contribution in [0.4, 0.5) is 9.80 Å². The van der Waals surface area contributed by atoms with E-state index in [4.69, 9.17) is 4.74 Å². The van der Waals surface area contributed by atoms with E-state index in [1.807, 2.05) is 6.07 Å². The summed E-state index contributed by atoms with van der Waals surface area (Å²) in [4.78, 5) is 27.5. The smallest absolute Gasteiger partial charge is 0.410 e. The topological polar surface area (TPSA) is 90.9 Å². The Bertz CT molecular complexity index is 930. The van der Waals surface area contributed by atoms with E-state index in [-0.39, 0.29) is 23.9 Å². The number of rotatable bonds is 2. The Kier molecular flexibility index (Phi) is 4.89. The van der Waals surface area contributed by atoms with Gasteiger partial charge >= 0.3 is 6.09 Å². The Morgan fingerprint density at radius 2 is 2.26 bits per heavy atom. The number of aromatic hydroxyl groups is 1. The van der Waals surface area contributed by atoms with Crippen LogP contribution in [-0.2, 0) is 17.7 Å². The quantitative estimate of drug-likeness (QED) is 0.551. The maximum atomic E-state index is 12.8. The minimum Gasteiger partial charge on any atom is -0.507 e. The summed E-state index contributed by atoms with van der Waals surface area (Å²) in [6, 6.07) is 5.25. The predicted octanol–water partition coefficient (Wildman–Crippen LogP) is 3.43. The molecule has 1 aromatic heterocycles. The Morgan fingerprint density at radius 1 is 1.44 bits per heavy atom. The number of halogens is 1. The Hall–Kier alpha value is -2.01. The Balaban J connectivity index is 1.60. The second-order valence-electron chi connectivity index (χ2n) is 6.34. The van der Waals surface area contributed by atoms with Gasteiger partial charge in [0.1, 0.15) is 16.9 Å². The molecule has 7 nitrogen and oxygen atoms in total. The van der Waals surface area contributed by atoms with Crippen LogP contribution in [0.5, 0.6) is 5.75 Å². The number of hydrogen-bond acceptors (Lipinski definition) is 6. The van der Waals surface area contributed by atoms with Gasteiger partial charge < -0.3 is 25.4 Å². The lowest BCUT2D eigenvalue weighted by atomic mass is 10.0. The van der Waals surface area contributed by atoms with Crippen LogP contribution in [0.15, 0.2) is 18.2 Å². The van der Waals surface area contributed by atoms with Crippen molar-refractivity contribution in [2.75, 3.05) is 18.5 Å². The van der Waals surface area contributed by atoms with Gasteiger partial charge in [0.15, 0.2) is 0 Å². The molecule has 2 amide bonds. The first kappa shape index (κ1) is 18.4. The van der Waals surface area contributed by atoms with Gasteiger partial charge in [0.2, 0.25) is 0 Å². The van der Waals surface area contributed by atoms with Gasteiger partial charge in [-0.3, -0.25) is 4.79 Å². The normalized spacial score (nSPS) is 18.2. The zero-order valence-electron chi connectivity index (χ0n) is 14.5. The van der Waals surface area contributed by atoms with Gasteiger partial charge in [0.25, 0.3) is 5.91 Å². The van der Waals surface area contributed by atoms with Crippen molar-refractivity contribution < 1.29 is 19.4 Å². The molecule has 0 unspecified atom stereocenters. The van der Waals surface area contributed by atoms with Gasteiger partial charge in [0.05, 0.1) is 22.3 Å². The van der Waals surface area contributed by atoms with Crippen LogP contribution in [-0.4, -0.2) is 35.2 Å². The highest BCUT2D eigenvalue weighted by atomic mass is 127. The number of hydrogen-bond donors (Lipinski definition) is 3. The van der Waals surface area contributed by atoms with Crippen LogP contribution >= 0.6 is 33.9 Å². The van der Waals surface area contributed by atoms with Crippen molar-refractivity contribution in [2.45, 2.75) is 26.1 Å². The molecule has 3 heterocycles. The number of phenolic OH excluding ortho intramolecular Hbond substituents is 1. The molecule has 27 heavy (non-hydrogen) atoms.